The average molecular weight is 352 g/mol. The summed E-state index contributed by atoms with van der Waals surface area (Å²) in [4.78, 5) is 21.3. The van der Waals surface area contributed by atoms with Gasteiger partial charge in [0.2, 0.25) is 5.95 Å². The fourth-order valence-electron chi connectivity index (χ4n) is 3.37. The van der Waals surface area contributed by atoms with Crippen LogP contribution in [0.1, 0.15) is 17.8 Å². The Morgan fingerprint density at radius 1 is 1.31 bits per heavy atom. The highest BCUT2D eigenvalue weighted by atomic mass is 16.3. The lowest BCUT2D eigenvalue weighted by Gasteiger charge is -2.20. The molecular weight excluding hydrogens is 328 g/mol. The zero-order valence-electron chi connectivity index (χ0n) is 15.2. The van der Waals surface area contributed by atoms with Gasteiger partial charge in [0.1, 0.15) is 11.6 Å². The number of hydrogen-bond acceptors (Lipinski definition) is 6. The first kappa shape index (κ1) is 16.8. The Morgan fingerprint density at radius 3 is 2.96 bits per heavy atom. The molecule has 0 saturated carbocycles. The van der Waals surface area contributed by atoms with E-state index in [4.69, 9.17) is 4.98 Å². The molecule has 1 aliphatic rings. The first-order valence-corrected chi connectivity index (χ1v) is 9.01. The zero-order valence-corrected chi connectivity index (χ0v) is 15.2. The molecule has 1 aromatic carbocycles. The van der Waals surface area contributed by atoms with Crippen molar-refractivity contribution in [1.82, 2.24) is 19.9 Å². The van der Waals surface area contributed by atoms with Crippen LogP contribution >= 0.6 is 0 Å². The van der Waals surface area contributed by atoms with Crippen molar-refractivity contribution in [3.05, 3.63) is 41.9 Å². The van der Waals surface area contributed by atoms with Gasteiger partial charge in [-0.25, -0.2) is 9.97 Å². The van der Waals surface area contributed by atoms with Crippen molar-refractivity contribution >= 4 is 22.8 Å². The molecule has 2 aromatic heterocycles. The van der Waals surface area contributed by atoms with Crippen molar-refractivity contribution < 1.29 is 5.11 Å². The number of anilines is 2. The molecule has 0 spiro atoms. The zero-order chi connectivity index (χ0) is 18.1. The van der Waals surface area contributed by atoms with Gasteiger partial charge in [-0.1, -0.05) is 12.1 Å². The Bertz CT molecular complexity index is 908. The molecule has 1 saturated heterocycles. The quantitative estimate of drug-likeness (QED) is 0.730. The standard InChI is InChI=1S/C19H24N6O/c1-13-4-3-5-15-18(13)22-16(21-15)8-10-24(2)19-20-9-6-17(23-19)25-11-7-14(26)12-25/h3-6,9,14,26H,7-8,10-12H2,1-2H3,(H,21,22)/t14-/m1/s1. The van der Waals surface area contributed by atoms with Gasteiger partial charge >= 0.3 is 0 Å². The number of rotatable bonds is 5. The molecule has 1 aliphatic heterocycles. The summed E-state index contributed by atoms with van der Waals surface area (Å²) in [6.45, 7) is 4.32. The van der Waals surface area contributed by atoms with Crippen molar-refractivity contribution in [1.29, 1.82) is 0 Å². The number of fused-ring (bicyclic) bond motifs is 1. The monoisotopic (exact) mass is 352 g/mol. The van der Waals surface area contributed by atoms with Crippen LogP contribution in [0.25, 0.3) is 11.0 Å². The second-order valence-corrected chi connectivity index (χ2v) is 6.93. The number of β-amino-alcohol motifs (C(OH)–C–C–N with tert-alkyl or cyclic N) is 1. The highest BCUT2D eigenvalue weighted by Gasteiger charge is 2.22. The molecule has 1 atom stereocenters. The maximum atomic E-state index is 9.72. The molecule has 7 nitrogen and oxygen atoms in total. The first-order chi connectivity index (χ1) is 12.6. The largest absolute Gasteiger partial charge is 0.391 e. The summed E-state index contributed by atoms with van der Waals surface area (Å²) < 4.78 is 0. The van der Waals surface area contributed by atoms with Gasteiger partial charge in [-0.05, 0) is 31.0 Å². The van der Waals surface area contributed by atoms with Gasteiger partial charge in [-0.2, -0.15) is 4.98 Å². The van der Waals surface area contributed by atoms with E-state index >= 15 is 0 Å². The molecule has 4 rings (SSSR count). The lowest BCUT2D eigenvalue weighted by atomic mass is 10.2. The summed E-state index contributed by atoms with van der Waals surface area (Å²) in [5.74, 6) is 2.54. The first-order valence-electron chi connectivity index (χ1n) is 9.01. The molecule has 0 radical (unpaired) electrons. The predicted molar refractivity (Wildman–Crippen MR) is 103 cm³/mol. The number of aromatic amines is 1. The molecule has 3 aromatic rings. The number of nitrogens with zero attached hydrogens (tertiary/aromatic N) is 5. The van der Waals surface area contributed by atoms with Crippen LogP contribution in [-0.2, 0) is 6.42 Å². The van der Waals surface area contributed by atoms with Crippen molar-refractivity contribution in [2.45, 2.75) is 25.9 Å². The Labute approximate surface area is 152 Å². The van der Waals surface area contributed by atoms with Crippen LogP contribution in [0.2, 0.25) is 0 Å². The van der Waals surface area contributed by atoms with Gasteiger partial charge in [-0.15, -0.1) is 0 Å². The van der Waals surface area contributed by atoms with Crippen molar-refractivity contribution in [3.63, 3.8) is 0 Å². The fourth-order valence-corrected chi connectivity index (χ4v) is 3.37. The molecule has 0 unspecified atom stereocenters. The molecule has 0 aliphatic carbocycles. The number of imidazole rings is 1. The summed E-state index contributed by atoms with van der Waals surface area (Å²) >= 11 is 0. The Balaban J connectivity index is 1.44. The van der Waals surface area contributed by atoms with E-state index in [9.17, 15) is 5.11 Å². The van der Waals surface area contributed by atoms with Crippen molar-refractivity contribution in [3.8, 4) is 0 Å². The van der Waals surface area contributed by atoms with E-state index < -0.39 is 0 Å². The molecule has 3 heterocycles. The van der Waals surface area contributed by atoms with Crippen molar-refractivity contribution in [2.75, 3.05) is 36.5 Å². The summed E-state index contributed by atoms with van der Waals surface area (Å²) in [5.41, 5.74) is 3.30. The molecule has 2 N–H and O–H groups in total. The number of nitrogens with one attached hydrogen (secondary N) is 1. The minimum atomic E-state index is -0.261. The van der Waals surface area contributed by atoms with E-state index in [0.29, 0.717) is 12.5 Å². The van der Waals surface area contributed by atoms with Crippen LogP contribution in [0, 0.1) is 6.92 Å². The average Bonchev–Trinajstić information content (AvgIpc) is 3.27. The number of aryl methyl sites for hydroxylation is 1. The molecule has 0 bridgehead atoms. The van der Waals surface area contributed by atoms with Gasteiger partial charge in [-0.3, -0.25) is 0 Å². The highest BCUT2D eigenvalue weighted by molar-refractivity contribution is 5.78. The normalized spacial score (nSPS) is 17.2. The second-order valence-electron chi connectivity index (χ2n) is 6.93. The molecule has 7 heteroatoms. The fraction of sp³-hybridized carbons (Fsp3) is 0.421. The number of aromatic nitrogens is 4. The van der Waals surface area contributed by atoms with E-state index in [0.717, 1.165) is 48.6 Å². The van der Waals surface area contributed by atoms with Crippen LogP contribution in [0.4, 0.5) is 11.8 Å². The summed E-state index contributed by atoms with van der Waals surface area (Å²) in [5, 5.41) is 9.72. The number of hydrogen-bond donors (Lipinski definition) is 2. The molecular formula is C19H24N6O. The number of aliphatic hydroxyl groups excluding tert-OH is 1. The smallest absolute Gasteiger partial charge is 0.227 e. The lowest BCUT2D eigenvalue weighted by Crippen LogP contribution is -2.26. The summed E-state index contributed by atoms with van der Waals surface area (Å²) in [6.07, 6.45) is 3.10. The number of aliphatic hydroxyl groups is 1. The molecule has 1 fully saturated rings. The third-order valence-electron chi connectivity index (χ3n) is 4.90. The number of benzene rings is 1. The van der Waals surface area contributed by atoms with Crippen molar-refractivity contribution in [2.24, 2.45) is 0 Å². The lowest BCUT2D eigenvalue weighted by molar-refractivity contribution is 0.198. The van der Waals surface area contributed by atoms with Crippen LogP contribution in [0.3, 0.4) is 0 Å². The highest BCUT2D eigenvalue weighted by Crippen LogP contribution is 2.20. The van der Waals surface area contributed by atoms with Crippen LogP contribution in [-0.4, -0.2) is 57.8 Å². The maximum Gasteiger partial charge on any atom is 0.227 e. The van der Waals surface area contributed by atoms with Gasteiger partial charge in [0, 0.05) is 39.3 Å². The third kappa shape index (κ3) is 3.35. The topological polar surface area (TPSA) is 81.2 Å². The van der Waals surface area contributed by atoms with Gasteiger partial charge in [0.25, 0.3) is 0 Å². The Kier molecular flexibility index (Phi) is 4.46. The van der Waals surface area contributed by atoms with Crippen LogP contribution in [0.5, 0.6) is 0 Å². The van der Waals surface area contributed by atoms with Crippen LogP contribution in [0.15, 0.2) is 30.5 Å². The minimum absolute atomic E-state index is 0.261. The number of H-pyrrole nitrogens is 1. The van der Waals surface area contributed by atoms with E-state index in [1.807, 2.05) is 24.1 Å². The third-order valence-corrected chi connectivity index (χ3v) is 4.90. The van der Waals surface area contributed by atoms with E-state index in [1.165, 1.54) is 5.56 Å². The summed E-state index contributed by atoms with van der Waals surface area (Å²) in [7, 11) is 1.99. The summed E-state index contributed by atoms with van der Waals surface area (Å²) in [6, 6.07) is 8.07. The van der Waals surface area contributed by atoms with E-state index in [1.54, 1.807) is 6.20 Å². The van der Waals surface area contributed by atoms with Crippen LogP contribution < -0.4 is 9.80 Å². The SMILES string of the molecule is Cc1cccc2[nH]c(CCN(C)c3nccc(N4CC[C@@H](O)C4)n3)nc12. The number of likely N-dealkylation sites (N-methyl/N-ethyl adjacent to an activating group) is 1. The van der Waals surface area contributed by atoms with Gasteiger partial charge in [0.05, 0.1) is 17.1 Å². The Hall–Kier alpha value is -2.67. The maximum absolute atomic E-state index is 9.72. The second kappa shape index (κ2) is 6.92. The molecule has 26 heavy (non-hydrogen) atoms. The van der Waals surface area contributed by atoms with Gasteiger partial charge < -0.3 is 19.9 Å². The molecule has 0 amide bonds. The van der Waals surface area contributed by atoms with E-state index in [2.05, 4.69) is 38.9 Å². The minimum Gasteiger partial charge on any atom is -0.391 e. The van der Waals surface area contributed by atoms with Gasteiger partial charge in [0.15, 0.2) is 0 Å². The molecule has 136 valence electrons. The Morgan fingerprint density at radius 2 is 2.19 bits per heavy atom. The number of para-hydroxylation sites is 1. The van der Waals surface area contributed by atoms with E-state index in [-0.39, 0.29) is 6.10 Å². The predicted octanol–water partition coefficient (Wildman–Crippen LogP) is 1.91.